The van der Waals surface area contributed by atoms with Gasteiger partial charge in [0.1, 0.15) is 0 Å². The summed E-state index contributed by atoms with van der Waals surface area (Å²) in [6.07, 6.45) is 0. The Morgan fingerprint density at radius 3 is 1.96 bits per heavy atom. The van der Waals surface area contributed by atoms with Gasteiger partial charge in [0.25, 0.3) is 0 Å². The van der Waals surface area contributed by atoms with Gasteiger partial charge in [-0.3, -0.25) is 0 Å². The van der Waals surface area contributed by atoms with E-state index in [-0.39, 0.29) is 0 Å². The number of hydrogen-bond donors (Lipinski definition) is 0. The summed E-state index contributed by atoms with van der Waals surface area (Å²) in [6, 6.07) is 36.2. The van der Waals surface area contributed by atoms with E-state index in [0.717, 1.165) is 5.02 Å². The van der Waals surface area contributed by atoms with Gasteiger partial charge in [-0.15, -0.1) is 0 Å². The van der Waals surface area contributed by atoms with Crippen LogP contribution in [0, 0.1) is 0 Å². The molecule has 5 aromatic rings. The maximum Gasteiger partial charge on any atom is 0.0406 e. The average molecular weight is 365 g/mol. The number of fused-ring (bicyclic) bond motifs is 3. The number of halogens is 1. The van der Waals surface area contributed by atoms with E-state index in [0.29, 0.717) is 0 Å². The van der Waals surface area contributed by atoms with Gasteiger partial charge in [-0.1, -0.05) is 96.5 Å². The lowest BCUT2D eigenvalue weighted by atomic mass is 9.88. The highest BCUT2D eigenvalue weighted by Gasteiger charge is 2.13. The third kappa shape index (κ3) is 2.79. The zero-order valence-corrected chi connectivity index (χ0v) is 15.4. The Bertz CT molecular complexity index is 1250. The zero-order valence-electron chi connectivity index (χ0n) is 14.7. The van der Waals surface area contributed by atoms with Crippen LogP contribution in [-0.2, 0) is 0 Å². The molecule has 128 valence electrons. The lowest BCUT2D eigenvalue weighted by Crippen LogP contribution is -1.88. The molecule has 0 atom stereocenters. The summed E-state index contributed by atoms with van der Waals surface area (Å²) in [6.45, 7) is 0. The second-order valence-electron chi connectivity index (χ2n) is 6.75. The van der Waals surface area contributed by atoms with Gasteiger partial charge in [-0.05, 0) is 62.0 Å². The predicted octanol–water partition coefficient (Wildman–Crippen LogP) is 7.98. The molecule has 27 heavy (non-hydrogen) atoms. The van der Waals surface area contributed by atoms with E-state index in [2.05, 4.69) is 91.0 Å². The largest absolute Gasteiger partial charge is 0.0843 e. The first-order valence-corrected chi connectivity index (χ1v) is 9.45. The van der Waals surface area contributed by atoms with E-state index in [4.69, 9.17) is 11.6 Å². The Kier molecular flexibility index (Phi) is 3.92. The fourth-order valence-corrected chi connectivity index (χ4v) is 4.00. The topological polar surface area (TPSA) is 0 Å². The summed E-state index contributed by atoms with van der Waals surface area (Å²) in [5.41, 5.74) is 4.90. The lowest BCUT2D eigenvalue weighted by Gasteiger charge is -2.15. The minimum Gasteiger partial charge on any atom is -0.0843 e. The first-order chi connectivity index (χ1) is 13.3. The summed E-state index contributed by atoms with van der Waals surface area (Å²) in [5.74, 6) is 0. The molecule has 1 heteroatoms. The molecule has 0 fully saturated rings. The molecule has 5 rings (SSSR count). The second-order valence-corrected chi connectivity index (χ2v) is 7.18. The molecule has 5 aromatic carbocycles. The highest BCUT2D eigenvalue weighted by atomic mass is 35.5. The molecule has 0 aromatic heterocycles. The molecule has 0 bridgehead atoms. The van der Waals surface area contributed by atoms with Crippen molar-refractivity contribution < 1.29 is 0 Å². The van der Waals surface area contributed by atoms with Crippen molar-refractivity contribution >= 4 is 33.1 Å². The molecule has 0 N–H and O–H groups in total. The van der Waals surface area contributed by atoms with Gasteiger partial charge >= 0.3 is 0 Å². The Morgan fingerprint density at radius 2 is 1.15 bits per heavy atom. The van der Waals surface area contributed by atoms with Crippen molar-refractivity contribution in [3.63, 3.8) is 0 Å². The van der Waals surface area contributed by atoms with Crippen LogP contribution in [0.2, 0.25) is 5.02 Å². The van der Waals surface area contributed by atoms with Crippen molar-refractivity contribution in [2.75, 3.05) is 0 Å². The molecule has 0 aliphatic heterocycles. The summed E-state index contributed by atoms with van der Waals surface area (Å²) in [4.78, 5) is 0. The first-order valence-electron chi connectivity index (χ1n) is 9.07. The van der Waals surface area contributed by atoms with Crippen LogP contribution in [0.4, 0.5) is 0 Å². The van der Waals surface area contributed by atoms with Crippen LogP contribution in [0.1, 0.15) is 0 Å². The molecule has 0 radical (unpaired) electrons. The average Bonchev–Trinajstić information content (AvgIpc) is 2.74. The standard InChI is InChI=1S/C26H17Cl/c27-21-15-13-19(14-16-21)23-11-6-12-24-22-10-5-4-9-20(22)17-25(26(23)24)18-7-2-1-3-8-18/h1-17H. The van der Waals surface area contributed by atoms with Crippen LogP contribution < -0.4 is 0 Å². The number of rotatable bonds is 2. The van der Waals surface area contributed by atoms with Crippen molar-refractivity contribution in [1.29, 1.82) is 0 Å². The molecule has 0 saturated carbocycles. The van der Waals surface area contributed by atoms with Crippen LogP contribution in [0.5, 0.6) is 0 Å². The highest BCUT2D eigenvalue weighted by Crippen LogP contribution is 2.40. The zero-order chi connectivity index (χ0) is 18.2. The van der Waals surface area contributed by atoms with Gasteiger partial charge in [0, 0.05) is 5.02 Å². The Balaban J connectivity index is 1.95. The quantitative estimate of drug-likeness (QED) is 0.278. The van der Waals surface area contributed by atoms with Gasteiger partial charge in [-0.25, -0.2) is 0 Å². The first kappa shape index (κ1) is 16.1. The van der Waals surface area contributed by atoms with Crippen LogP contribution in [0.15, 0.2) is 103 Å². The molecular weight excluding hydrogens is 348 g/mol. The summed E-state index contributed by atoms with van der Waals surface area (Å²) >= 11 is 6.12. The third-order valence-corrected chi connectivity index (χ3v) is 5.38. The summed E-state index contributed by atoms with van der Waals surface area (Å²) < 4.78 is 0. The Morgan fingerprint density at radius 1 is 0.481 bits per heavy atom. The van der Waals surface area contributed by atoms with E-state index >= 15 is 0 Å². The smallest absolute Gasteiger partial charge is 0.0406 e. The maximum atomic E-state index is 6.12. The van der Waals surface area contributed by atoms with E-state index in [1.165, 1.54) is 43.8 Å². The second kappa shape index (κ2) is 6.57. The fourth-order valence-electron chi connectivity index (χ4n) is 3.88. The van der Waals surface area contributed by atoms with Crippen molar-refractivity contribution in [3.8, 4) is 22.3 Å². The van der Waals surface area contributed by atoms with Crippen LogP contribution in [0.3, 0.4) is 0 Å². The highest BCUT2D eigenvalue weighted by molar-refractivity contribution is 6.30. The van der Waals surface area contributed by atoms with Crippen molar-refractivity contribution in [2.45, 2.75) is 0 Å². The van der Waals surface area contributed by atoms with Gasteiger partial charge in [0.05, 0.1) is 0 Å². The molecule has 0 spiro atoms. The monoisotopic (exact) mass is 364 g/mol. The Hall–Kier alpha value is -3.09. The van der Waals surface area contributed by atoms with Gasteiger partial charge < -0.3 is 0 Å². The lowest BCUT2D eigenvalue weighted by molar-refractivity contribution is 1.64. The van der Waals surface area contributed by atoms with E-state index < -0.39 is 0 Å². The third-order valence-electron chi connectivity index (χ3n) is 5.12. The fraction of sp³-hybridized carbons (Fsp3) is 0. The van der Waals surface area contributed by atoms with Crippen molar-refractivity contribution in [1.82, 2.24) is 0 Å². The minimum absolute atomic E-state index is 0.757. The van der Waals surface area contributed by atoms with Gasteiger partial charge in [-0.2, -0.15) is 0 Å². The molecule has 0 aliphatic rings. The maximum absolute atomic E-state index is 6.12. The molecule has 0 heterocycles. The van der Waals surface area contributed by atoms with E-state index in [9.17, 15) is 0 Å². The molecule has 0 aliphatic carbocycles. The summed E-state index contributed by atoms with van der Waals surface area (Å²) in [5, 5.41) is 5.86. The molecule has 0 saturated heterocycles. The van der Waals surface area contributed by atoms with Gasteiger partial charge in [0.2, 0.25) is 0 Å². The molecule has 0 unspecified atom stereocenters. The van der Waals surface area contributed by atoms with Crippen molar-refractivity contribution in [2.24, 2.45) is 0 Å². The van der Waals surface area contributed by atoms with Crippen LogP contribution in [-0.4, -0.2) is 0 Å². The molecule has 0 nitrogen and oxygen atoms in total. The SMILES string of the molecule is Clc1ccc(-c2cccc3c2c(-c2ccccc2)cc2ccccc23)cc1. The van der Waals surface area contributed by atoms with E-state index in [1.807, 2.05) is 12.1 Å². The molecular formula is C26H17Cl. The molecule has 0 amide bonds. The van der Waals surface area contributed by atoms with E-state index in [1.54, 1.807) is 0 Å². The predicted molar refractivity (Wildman–Crippen MR) is 117 cm³/mol. The van der Waals surface area contributed by atoms with Crippen LogP contribution >= 0.6 is 11.6 Å². The van der Waals surface area contributed by atoms with Crippen LogP contribution in [0.25, 0.3) is 43.8 Å². The normalized spacial score (nSPS) is 11.1. The van der Waals surface area contributed by atoms with Crippen molar-refractivity contribution in [3.05, 3.63) is 108 Å². The summed E-state index contributed by atoms with van der Waals surface area (Å²) in [7, 11) is 0. The van der Waals surface area contributed by atoms with Gasteiger partial charge in [0.15, 0.2) is 0 Å². The number of benzene rings is 5. The Labute approximate surface area is 163 Å². The minimum atomic E-state index is 0.757. The number of hydrogen-bond acceptors (Lipinski definition) is 0.